The van der Waals surface area contributed by atoms with E-state index in [-0.39, 0.29) is 13.0 Å². The zero-order chi connectivity index (χ0) is 13.2. The van der Waals surface area contributed by atoms with Gasteiger partial charge in [-0.2, -0.15) is 13.2 Å². The minimum atomic E-state index is -4.94. The second-order valence-corrected chi connectivity index (χ2v) is 4.14. The number of hydrogen-bond donors (Lipinski definition) is 0. The van der Waals surface area contributed by atoms with Crippen LogP contribution in [0.15, 0.2) is 0 Å². The van der Waals surface area contributed by atoms with Crippen LogP contribution in [-0.4, -0.2) is 41.6 Å². The molecular weight excluding hydrogens is 239 g/mol. The summed E-state index contributed by atoms with van der Waals surface area (Å²) in [6.45, 7) is 3.14. The fourth-order valence-corrected chi connectivity index (χ4v) is 1.73. The third-order valence-electron chi connectivity index (χ3n) is 2.38. The third-order valence-corrected chi connectivity index (χ3v) is 2.38. The molecule has 7 heteroatoms. The van der Waals surface area contributed by atoms with Gasteiger partial charge in [-0.3, -0.25) is 4.79 Å². The maximum Gasteiger partial charge on any atom is 0.471 e. The molecule has 0 aromatic carbocycles. The van der Waals surface area contributed by atoms with Crippen LogP contribution in [0.3, 0.4) is 0 Å². The van der Waals surface area contributed by atoms with Gasteiger partial charge in [0.2, 0.25) is 0 Å². The molecule has 0 spiro atoms. The van der Waals surface area contributed by atoms with Crippen LogP contribution in [0, 0.1) is 0 Å². The predicted molar refractivity (Wildman–Crippen MR) is 52.0 cm³/mol. The number of nitrogens with zero attached hydrogens (tertiary/aromatic N) is 1. The molecule has 0 saturated carbocycles. The third kappa shape index (κ3) is 3.34. The van der Waals surface area contributed by atoms with Gasteiger partial charge in [0, 0.05) is 6.54 Å². The zero-order valence-corrected chi connectivity index (χ0v) is 9.58. The lowest BCUT2D eigenvalue weighted by Gasteiger charge is -2.24. The van der Waals surface area contributed by atoms with Gasteiger partial charge >= 0.3 is 18.1 Å². The van der Waals surface area contributed by atoms with Gasteiger partial charge in [-0.25, -0.2) is 4.79 Å². The molecular formula is C10H14F3NO3. The van der Waals surface area contributed by atoms with Gasteiger partial charge in [0.1, 0.15) is 6.04 Å². The van der Waals surface area contributed by atoms with Gasteiger partial charge in [-0.05, 0) is 26.7 Å². The molecule has 1 amide bonds. The SMILES string of the molecule is CC(C)OC(=O)C1CCCN1C(=O)C(F)(F)F. The first-order valence-electron chi connectivity index (χ1n) is 5.31. The first kappa shape index (κ1) is 13.8. The Morgan fingerprint density at radius 3 is 2.41 bits per heavy atom. The summed E-state index contributed by atoms with van der Waals surface area (Å²) in [5.74, 6) is -2.74. The Kier molecular flexibility index (Phi) is 4.00. The molecule has 1 atom stereocenters. The number of alkyl halides is 3. The van der Waals surface area contributed by atoms with E-state index in [0.717, 1.165) is 0 Å². The number of hydrogen-bond acceptors (Lipinski definition) is 3. The molecule has 1 rings (SSSR count). The van der Waals surface area contributed by atoms with Gasteiger partial charge in [0.05, 0.1) is 6.10 Å². The van der Waals surface area contributed by atoms with Gasteiger partial charge in [-0.1, -0.05) is 0 Å². The number of likely N-dealkylation sites (tertiary alicyclic amines) is 1. The Morgan fingerprint density at radius 2 is 1.94 bits per heavy atom. The van der Waals surface area contributed by atoms with Crippen LogP contribution in [0.5, 0.6) is 0 Å². The van der Waals surface area contributed by atoms with E-state index in [1.807, 2.05) is 0 Å². The van der Waals surface area contributed by atoms with E-state index in [4.69, 9.17) is 4.74 Å². The first-order chi connectivity index (χ1) is 7.73. The predicted octanol–water partition coefficient (Wildman–Crippen LogP) is 1.49. The summed E-state index contributed by atoms with van der Waals surface area (Å²) in [7, 11) is 0. The average Bonchev–Trinajstić information content (AvgIpc) is 2.61. The Labute approximate surface area is 96.7 Å². The van der Waals surface area contributed by atoms with Crippen molar-refractivity contribution in [1.29, 1.82) is 0 Å². The lowest BCUT2D eigenvalue weighted by Crippen LogP contribution is -2.47. The monoisotopic (exact) mass is 253 g/mol. The molecule has 0 N–H and O–H groups in total. The number of ether oxygens (including phenoxy) is 1. The Morgan fingerprint density at radius 1 is 1.35 bits per heavy atom. The van der Waals surface area contributed by atoms with Crippen molar-refractivity contribution in [1.82, 2.24) is 4.90 Å². The summed E-state index contributed by atoms with van der Waals surface area (Å²) >= 11 is 0. The van der Waals surface area contributed by atoms with Crippen molar-refractivity contribution in [3.63, 3.8) is 0 Å². The van der Waals surface area contributed by atoms with Crippen molar-refractivity contribution in [3.8, 4) is 0 Å². The molecule has 1 aliphatic heterocycles. The van der Waals surface area contributed by atoms with E-state index >= 15 is 0 Å². The number of rotatable bonds is 2. The molecule has 1 aliphatic rings. The maximum absolute atomic E-state index is 12.3. The van der Waals surface area contributed by atoms with E-state index in [1.165, 1.54) is 0 Å². The summed E-state index contributed by atoms with van der Waals surface area (Å²) in [5.41, 5.74) is 0. The number of carbonyl (C=O) groups excluding carboxylic acids is 2. The van der Waals surface area contributed by atoms with Crippen molar-refractivity contribution in [2.75, 3.05) is 6.54 Å². The fraction of sp³-hybridized carbons (Fsp3) is 0.800. The van der Waals surface area contributed by atoms with Gasteiger partial charge in [0.25, 0.3) is 0 Å². The number of halogens is 3. The molecule has 0 aromatic rings. The number of carbonyl (C=O) groups is 2. The summed E-state index contributed by atoms with van der Waals surface area (Å²) in [6, 6.07) is -1.11. The van der Waals surface area contributed by atoms with Crippen molar-refractivity contribution >= 4 is 11.9 Å². The van der Waals surface area contributed by atoms with Gasteiger partial charge < -0.3 is 9.64 Å². The lowest BCUT2D eigenvalue weighted by molar-refractivity contribution is -0.188. The highest BCUT2D eigenvalue weighted by molar-refractivity contribution is 5.88. The van der Waals surface area contributed by atoms with Crippen molar-refractivity contribution in [2.24, 2.45) is 0 Å². The molecule has 0 aliphatic carbocycles. The second kappa shape index (κ2) is 4.93. The van der Waals surface area contributed by atoms with Crippen LogP contribution in [0.4, 0.5) is 13.2 Å². The van der Waals surface area contributed by atoms with Crippen molar-refractivity contribution < 1.29 is 27.5 Å². The second-order valence-electron chi connectivity index (χ2n) is 4.14. The summed E-state index contributed by atoms with van der Waals surface area (Å²) in [4.78, 5) is 23.1. The van der Waals surface area contributed by atoms with E-state index in [1.54, 1.807) is 13.8 Å². The smallest absolute Gasteiger partial charge is 0.461 e. The van der Waals surface area contributed by atoms with Crippen LogP contribution in [0.25, 0.3) is 0 Å². The van der Waals surface area contributed by atoms with Crippen LogP contribution >= 0.6 is 0 Å². The molecule has 1 unspecified atom stereocenters. The van der Waals surface area contributed by atoms with Crippen LogP contribution in [0.1, 0.15) is 26.7 Å². The Balaban J connectivity index is 2.73. The first-order valence-corrected chi connectivity index (χ1v) is 5.31. The molecule has 0 bridgehead atoms. The summed E-state index contributed by atoms with van der Waals surface area (Å²) in [5, 5.41) is 0. The summed E-state index contributed by atoms with van der Waals surface area (Å²) in [6.07, 6.45) is -4.76. The van der Waals surface area contributed by atoms with Crippen LogP contribution < -0.4 is 0 Å². The molecule has 1 saturated heterocycles. The fourth-order valence-electron chi connectivity index (χ4n) is 1.73. The lowest BCUT2D eigenvalue weighted by atomic mass is 10.2. The van der Waals surface area contributed by atoms with E-state index in [0.29, 0.717) is 11.3 Å². The van der Waals surface area contributed by atoms with Gasteiger partial charge in [-0.15, -0.1) is 0 Å². The van der Waals surface area contributed by atoms with Crippen molar-refractivity contribution in [3.05, 3.63) is 0 Å². The standard InChI is InChI=1S/C10H14F3NO3/c1-6(2)17-8(15)7-4-3-5-14(7)9(16)10(11,12)13/h6-7H,3-5H2,1-2H3. The van der Waals surface area contributed by atoms with E-state index in [9.17, 15) is 22.8 Å². The molecule has 1 heterocycles. The Bertz CT molecular complexity index is 314. The highest BCUT2D eigenvalue weighted by Crippen LogP contribution is 2.26. The van der Waals surface area contributed by atoms with E-state index < -0.39 is 30.2 Å². The minimum absolute atomic E-state index is 0.0593. The van der Waals surface area contributed by atoms with E-state index in [2.05, 4.69) is 0 Å². The van der Waals surface area contributed by atoms with Gasteiger partial charge in [0.15, 0.2) is 0 Å². The molecule has 17 heavy (non-hydrogen) atoms. The number of amides is 1. The van der Waals surface area contributed by atoms with Crippen molar-refractivity contribution in [2.45, 2.75) is 45.0 Å². The molecule has 1 fully saturated rings. The average molecular weight is 253 g/mol. The Hall–Kier alpha value is -1.27. The molecule has 0 aromatic heterocycles. The molecule has 4 nitrogen and oxygen atoms in total. The molecule has 0 radical (unpaired) electrons. The topological polar surface area (TPSA) is 46.6 Å². The number of esters is 1. The minimum Gasteiger partial charge on any atom is -0.461 e. The quantitative estimate of drug-likeness (QED) is 0.700. The normalized spacial score (nSPS) is 20.8. The maximum atomic E-state index is 12.3. The van der Waals surface area contributed by atoms with Crippen LogP contribution in [0.2, 0.25) is 0 Å². The van der Waals surface area contributed by atoms with Crippen LogP contribution in [-0.2, 0) is 14.3 Å². The highest BCUT2D eigenvalue weighted by atomic mass is 19.4. The summed E-state index contributed by atoms with van der Waals surface area (Å²) < 4.78 is 41.6. The highest BCUT2D eigenvalue weighted by Gasteiger charge is 2.48. The zero-order valence-electron chi connectivity index (χ0n) is 9.58. The largest absolute Gasteiger partial charge is 0.471 e. The molecule has 98 valence electrons.